The Morgan fingerprint density at radius 3 is 2.63 bits per heavy atom. The number of hydrogen-bond acceptors (Lipinski definition) is 4. The predicted molar refractivity (Wildman–Crippen MR) is 99.4 cm³/mol. The number of rotatable bonds is 4. The third kappa shape index (κ3) is 3.36. The van der Waals surface area contributed by atoms with E-state index in [0.717, 1.165) is 27.6 Å². The fraction of sp³-hybridized carbons (Fsp3) is 0.200. The maximum Gasteiger partial charge on any atom is 0.220 e. The van der Waals surface area contributed by atoms with Gasteiger partial charge in [-0.2, -0.15) is 4.52 Å². The SMILES string of the molecule is CC(=O)N(Cc1ccc(F)cc1)Cc1cc2cc(C)ccc2n2nnnc12. The van der Waals surface area contributed by atoms with Crippen LogP contribution in [0.4, 0.5) is 4.39 Å². The van der Waals surface area contributed by atoms with Gasteiger partial charge in [0.05, 0.1) is 5.52 Å². The van der Waals surface area contributed by atoms with E-state index < -0.39 is 0 Å². The molecule has 0 aliphatic carbocycles. The lowest BCUT2D eigenvalue weighted by Crippen LogP contribution is -2.28. The van der Waals surface area contributed by atoms with Crippen molar-refractivity contribution in [3.05, 3.63) is 71.0 Å². The number of hydrogen-bond donors (Lipinski definition) is 0. The number of amides is 1. The Balaban J connectivity index is 1.73. The summed E-state index contributed by atoms with van der Waals surface area (Å²) in [4.78, 5) is 13.9. The van der Waals surface area contributed by atoms with Gasteiger partial charge in [0.15, 0.2) is 5.65 Å². The van der Waals surface area contributed by atoms with Crippen LogP contribution >= 0.6 is 0 Å². The molecule has 2 heterocycles. The van der Waals surface area contributed by atoms with Gasteiger partial charge in [0.1, 0.15) is 5.82 Å². The lowest BCUT2D eigenvalue weighted by atomic mass is 10.1. The molecule has 0 saturated carbocycles. The normalized spacial score (nSPS) is 11.2. The first-order valence-electron chi connectivity index (χ1n) is 8.61. The number of halogens is 1. The summed E-state index contributed by atoms with van der Waals surface area (Å²) in [6, 6.07) is 14.2. The van der Waals surface area contributed by atoms with E-state index in [1.165, 1.54) is 19.1 Å². The number of aryl methyl sites for hydroxylation is 1. The van der Waals surface area contributed by atoms with Crippen molar-refractivity contribution in [2.24, 2.45) is 0 Å². The van der Waals surface area contributed by atoms with Crippen molar-refractivity contribution >= 4 is 22.5 Å². The zero-order valence-corrected chi connectivity index (χ0v) is 15.1. The van der Waals surface area contributed by atoms with Gasteiger partial charge >= 0.3 is 0 Å². The molecule has 0 radical (unpaired) electrons. The minimum Gasteiger partial charge on any atom is -0.334 e. The van der Waals surface area contributed by atoms with Crippen LogP contribution < -0.4 is 0 Å². The summed E-state index contributed by atoms with van der Waals surface area (Å²) >= 11 is 0. The van der Waals surface area contributed by atoms with Gasteiger partial charge in [0.2, 0.25) is 5.91 Å². The molecule has 7 heteroatoms. The van der Waals surface area contributed by atoms with Gasteiger partial charge in [-0.1, -0.05) is 23.8 Å². The minimum absolute atomic E-state index is 0.0747. The molecular formula is C20H18FN5O. The lowest BCUT2D eigenvalue weighted by Gasteiger charge is -2.21. The molecule has 0 aliphatic rings. The molecule has 136 valence electrons. The Morgan fingerprint density at radius 1 is 1.11 bits per heavy atom. The summed E-state index contributed by atoms with van der Waals surface area (Å²) in [5.74, 6) is -0.372. The highest BCUT2D eigenvalue weighted by molar-refractivity contribution is 5.84. The molecule has 2 aromatic heterocycles. The molecule has 6 nitrogen and oxygen atoms in total. The van der Waals surface area contributed by atoms with Crippen molar-refractivity contribution in [1.82, 2.24) is 24.9 Å². The van der Waals surface area contributed by atoms with Gasteiger partial charge in [-0.3, -0.25) is 4.79 Å². The predicted octanol–water partition coefficient (Wildman–Crippen LogP) is 3.27. The molecule has 27 heavy (non-hydrogen) atoms. The summed E-state index contributed by atoms with van der Waals surface area (Å²) in [6.45, 7) is 4.29. The summed E-state index contributed by atoms with van der Waals surface area (Å²) < 4.78 is 14.8. The molecule has 0 fully saturated rings. The van der Waals surface area contributed by atoms with E-state index in [2.05, 4.69) is 21.6 Å². The smallest absolute Gasteiger partial charge is 0.220 e. The molecule has 0 saturated heterocycles. The van der Waals surface area contributed by atoms with Gasteiger partial charge in [-0.25, -0.2) is 4.39 Å². The van der Waals surface area contributed by atoms with E-state index in [9.17, 15) is 9.18 Å². The Bertz CT molecular complexity index is 1140. The number of aromatic nitrogens is 4. The molecule has 1 amide bonds. The zero-order chi connectivity index (χ0) is 19.0. The van der Waals surface area contributed by atoms with Crippen molar-refractivity contribution < 1.29 is 9.18 Å². The van der Waals surface area contributed by atoms with Gasteiger partial charge in [-0.15, -0.1) is 5.10 Å². The Hall–Kier alpha value is -3.35. The summed E-state index contributed by atoms with van der Waals surface area (Å²) in [6.07, 6.45) is 0. The quantitative estimate of drug-likeness (QED) is 0.558. The second-order valence-electron chi connectivity index (χ2n) is 6.65. The monoisotopic (exact) mass is 363 g/mol. The van der Waals surface area contributed by atoms with E-state index in [1.807, 2.05) is 25.1 Å². The topological polar surface area (TPSA) is 63.4 Å². The summed E-state index contributed by atoms with van der Waals surface area (Å²) in [5.41, 5.74) is 4.39. The average Bonchev–Trinajstić information content (AvgIpc) is 3.12. The average molecular weight is 363 g/mol. The third-order valence-corrected chi connectivity index (χ3v) is 4.59. The third-order valence-electron chi connectivity index (χ3n) is 4.59. The molecule has 0 N–H and O–H groups in total. The highest BCUT2D eigenvalue weighted by Gasteiger charge is 2.16. The molecule has 0 bridgehead atoms. The number of carbonyl (C=O) groups is 1. The Labute approximate surface area is 155 Å². The van der Waals surface area contributed by atoms with Crippen LogP contribution in [0.1, 0.15) is 23.6 Å². The first kappa shape index (κ1) is 17.1. The van der Waals surface area contributed by atoms with E-state index in [1.54, 1.807) is 21.5 Å². The van der Waals surface area contributed by atoms with E-state index in [-0.39, 0.29) is 11.7 Å². The molecule has 0 spiro atoms. The van der Waals surface area contributed by atoms with Crippen molar-refractivity contribution in [1.29, 1.82) is 0 Å². The second-order valence-corrected chi connectivity index (χ2v) is 6.65. The molecule has 0 unspecified atom stereocenters. The van der Waals surface area contributed by atoms with Crippen molar-refractivity contribution in [2.75, 3.05) is 0 Å². The van der Waals surface area contributed by atoms with Crippen molar-refractivity contribution in [3.63, 3.8) is 0 Å². The molecular weight excluding hydrogens is 345 g/mol. The van der Waals surface area contributed by atoms with Gasteiger partial charge in [0.25, 0.3) is 0 Å². The molecule has 4 rings (SSSR count). The van der Waals surface area contributed by atoms with Crippen LogP contribution in [0.3, 0.4) is 0 Å². The van der Waals surface area contributed by atoms with E-state index >= 15 is 0 Å². The van der Waals surface area contributed by atoms with Crippen molar-refractivity contribution in [2.45, 2.75) is 26.9 Å². The number of benzene rings is 2. The van der Waals surface area contributed by atoms with Crippen LogP contribution in [-0.4, -0.2) is 30.8 Å². The van der Waals surface area contributed by atoms with Crippen molar-refractivity contribution in [3.8, 4) is 0 Å². The maximum atomic E-state index is 13.1. The Morgan fingerprint density at radius 2 is 1.89 bits per heavy atom. The zero-order valence-electron chi connectivity index (χ0n) is 15.1. The highest BCUT2D eigenvalue weighted by atomic mass is 19.1. The van der Waals surface area contributed by atoms with Crippen LogP contribution in [-0.2, 0) is 17.9 Å². The fourth-order valence-electron chi connectivity index (χ4n) is 3.20. The van der Waals surface area contributed by atoms with Gasteiger partial charge in [-0.05, 0) is 53.2 Å². The summed E-state index contributed by atoms with van der Waals surface area (Å²) in [7, 11) is 0. The largest absolute Gasteiger partial charge is 0.334 e. The fourth-order valence-corrected chi connectivity index (χ4v) is 3.20. The summed E-state index contributed by atoms with van der Waals surface area (Å²) in [5, 5.41) is 13.0. The second kappa shape index (κ2) is 6.75. The molecule has 0 aliphatic heterocycles. The molecule has 4 aromatic rings. The van der Waals surface area contributed by atoms with Crippen LogP contribution in [0.25, 0.3) is 16.6 Å². The van der Waals surface area contributed by atoms with Crippen LogP contribution in [0.15, 0.2) is 48.5 Å². The number of nitrogens with zero attached hydrogens (tertiary/aromatic N) is 5. The highest BCUT2D eigenvalue weighted by Crippen LogP contribution is 2.22. The molecule has 2 aromatic carbocycles. The van der Waals surface area contributed by atoms with Gasteiger partial charge < -0.3 is 4.90 Å². The number of fused-ring (bicyclic) bond motifs is 3. The number of carbonyl (C=O) groups excluding carboxylic acids is 1. The first-order valence-corrected chi connectivity index (χ1v) is 8.61. The minimum atomic E-state index is -0.297. The first-order chi connectivity index (χ1) is 13.0. The van der Waals surface area contributed by atoms with Crippen LogP contribution in [0.5, 0.6) is 0 Å². The van der Waals surface area contributed by atoms with Crippen LogP contribution in [0, 0.1) is 12.7 Å². The Kier molecular flexibility index (Phi) is 4.27. The van der Waals surface area contributed by atoms with Gasteiger partial charge in [0, 0.05) is 31.0 Å². The maximum absolute atomic E-state index is 13.1. The van der Waals surface area contributed by atoms with E-state index in [4.69, 9.17) is 0 Å². The molecule has 0 atom stereocenters. The number of tetrazole rings is 1. The standard InChI is InChI=1S/C20H18FN5O/c1-13-3-8-19-16(9-13)10-17(20-22-23-24-26(19)20)12-25(14(2)27)11-15-4-6-18(21)7-5-15/h3-10H,11-12H2,1-2H3. The number of pyridine rings is 1. The lowest BCUT2D eigenvalue weighted by molar-refractivity contribution is -0.130. The van der Waals surface area contributed by atoms with Crippen LogP contribution in [0.2, 0.25) is 0 Å². The van der Waals surface area contributed by atoms with E-state index in [0.29, 0.717) is 18.7 Å².